The van der Waals surface area contributed by atoms with E-state index < -0.39 is 0 Å². The summed E-state index contributed by atoms with van der Waals surface area (Å²) >= 11 is 0. The molecular formula is C20H27N3O2. The van der Waals surface area contributed by atoms with Crippen molar-refractivity contribution in [2.45, 2.75) is 51.5 Å². The molecule has 1 aromatic heterocycles. The maximum atomic E-state index is 12.5. The van der Waals surface area contributed by atoms with Crippen LogP contribution in [0.15, 0.2) is 36.2 Å². The van der Waals surface area contributed by atoms with Gasteiger partial charge in [-0.3, -0.25) is 14.6 Å². The van der Waals surface area contributed by atoms with Crippen molar-refractivity contribution in [2.24, 2.45) is 5.92 Å². The Morgan fingerprint density at radius 1 is 1.20 bits per heavy atom. The van der Waals surface area contributed by atoms with Crippen molar-refractivity contribution in [3.63, 3.8) is 0 Å². The maximum absolute atomic E-state index is 12.5. The lowest BCUT2D eigenvalue weighted by Crippen LogP contribution is -2.46. The molecule has 2 amide bonds. The first-order valence-corrected chi connectivity index (χ1v) is 9.31. The molecule has 3 rings (SSSR count). The van der Waals surface area contributed by atoms with E-state index in [-0.39, 0.29) is 17.9 Å². The molecule has 2 fully saturated rings. The van der Waals surface area contributed by atoms with E-state index in [4.69, 9.17) is 0 Å². The third-order valence-corrected chi connectivity index (χ3v) is 5.31. The number of nitrogens with zero attached hydrogens (tertiary/aromatic N) is 2. The van der Waals surface area contributed by atoms with Crippen molar-refractivity contribution in [3.05, 3.63) is 41.7 Å². The first-order valence-electron chi connectivity index (χ1n) is 9.31. The van der Waals surface area contributed by atoms with Crippen LogP contribution in [0, 0.1) is 5.92 Å². The smallest absolute Gasteiger partial charge is 0.253 e. The summed E-state index contributed by atoms with van der Waals surface area (Å²) in [6.07, 6.45) is 11.2. The minimum atomic E-state index is -0.0867. The van der Waals surface area contributed by atoms with Crippen LogP contribution in [-0.2, 0) is 4.79 Å². The zero-order valence-corrected chi connectivity index (χ0v) is 14.9. The maximum Gasteiger partial charge on any atom is 0.253 e. The first-order chi connectivity index (χ1) is 12.1. The largest absolute Gasteiger partial charge is 0.349 e. The Bertz CT molecular complexity index is 624. The minimum Gasteiger partial charge on any atom is -0.349 e. The monoisotopic (exact) mass is 341 g/mol. The number of likely N-dealkylation sites (tertiary alicyclic amines) is 1. The number of hydrogen-bond acceptors (Lipinski definition) is 3. The second kappa shape index (κ2) is 8.28. The average molecular weight is 341 g/mol. The van der Waals surface area contributed by atoms with Gasteiger partial charge in [0.1, 0.15) is 0 Å². The van der Waals surface area contributed by atoms with E-state index in [2.05, 4.69) is 17.2 Å². The molecule has 0 bridgehead atoms. The third-order valence-electron chi connectivity index (χ3n) is 5.31. The van der Waals surface area contributed by atoms with Crippen molar-refractivity contribution in [2.75, 3.05) is 13.1 Å². The van der Waals surface area contributed by atoms with Crippen molar-refractivity contribution in [1.29, 1.82) is 0 Å². The fraction of sp³-hybridized carbons (Fsp3) is 0.550. The first kappa shape index (κ1) is 17.6. The standard InChI is InChI=1S/C20H27N3O2/c1-15-4-6-16(7-5-15)13-19(24)23-11-8-18(9-12-23)22-20(25)17-3-2-10-21-14-17/h2-3,10,13-15,18H,4-9,11-12H2,1H3,(H,22,25). The summed E-state index contributed by atoms with van der Waals surface area (Å²) in [6.45, 7) is 3.69. The molecule has 1 saturated heterocycles. The Labute approximate surface area is 149 Å². The van der Waals surface area contributed by atoms with Crippen LogP contribution < -0.4 is 5.32 Å². The van der Waals surface area contributed by atoms with Gasteiger partial charge in [-0.1, -0.05) is 12.5 Å². The molecule has 5 nitrogen and oxygen atoms in total. The molecule has 1 aromatic rings. The molecule has 5 heteroatoms. The van der Waals surface area contributed by atoms with Gasteiger partial charge < -0.3 is 10.2 Å². The Morgan fingerprint density at radius 3 is 2.56 bits per heavy atom. The second-order valence-corrected chi connectivity index (χ2v) is 7.30. The molecule has 0 unspecified atom stereocenters. The molecule has 0 spiro atoms. The summed E-state index contributed by atoms with van der Waals surface area (Å²) < 4.78 is 0. The van der Waals surface area contributed by atoms with Gasteiger partial charge in [-0.15, -0.1) is 0 Å². The number of pyridine rings is 1. The van der Waals surface area contributed by atoms with Crippen LogP contribution >= 0.6 is 0 Å². The van der Waals surface area contributed by atoms with Crippen molar-refractivity contribution in [1.82, 2.24) is 15.2 Å². The number of allylic oxidation sites excluding steroid dienone is 1. The molecule has 1 aliphatic heterocycles. The van der Waals surface area contributed by atoms with Gasteiger partial charge in [0, 0.05) is 37.6 Å². The van der Waals surface area contributed by atoms with Crippen molar-refractivity contribution in [3.8, 4) is 0 Å². The van der Waals surface area contributed by atoms with Crippen LogP contribution in [0.5, 0.6) is 0 Å². The van der Waals surface area contributed by atoms with E-state index in [1.807, 2.05) is 11.0 Å². The van der Waals surface area contributed by atoms with Crippen LogP contribution in [0.25, 0.3) is 0 Å². The highest BCUT2D eigenvalue weighted by atomic mass is 16.2. The predicted octanol–water partition coefficient (Wildman–Crippen LogP) is 2.94. The number of rotatable bonds is 3. The lowest BCUT2D eigenvalue weighted by atomic mass is 9.87. The Morgan fingerprint density at radius 2 is 1.92 bits per heavy atom. The Hall–Kier alpha value is -2.17. The molecule has 2 aliphatic rings. The topological polar surface area (TPSA) is 62.3 Å². The van der Waals surface area contributed by atoms with Crippen LogP contribution in [0.1, 0.15) is 55.8 Å². The molecule has 134 valence electrons. The summed E-state index contributed by atoms with van der Waals surface area (Å²) in [6, 6.07) is 3.65. The third kappa shape index (κ3) is 4.91. The van der Waals surface area contributed by atoms with E-state index in [1.165, 1.54) is 18.4 Å². The van der Waals surface area contributed by atoms with Crippen LogP contribution in [0.4, 0.5) is 0 Å². The number of aromatic nitrogens is 1. The highest BCUT2D eigenvalue weighted by Gasteiger charge is 2.24. The lowest BCUT2D eigenvalue weighted by molar-refractivity contribution is -0.127. The van der Waals surface area contributed by atoms with Gasteiger partial charge in [0.05, 0.1) is 5.56 Å². The minimum absolute atomic E-state index is 0.0867. The van der Waals surface area contributed by atoms with E-state index in [0.717, 1.165) is 31.6 Å². The molecule has 1 aliphatic carbocycles. The van der Waals surface area contributed by atoms with E-state index >= 15 is 0 Å². The number of carbonyl (C=O) groups is 2. The molecule has 0 atom stereocenters. The summed E-state index contributed by atoms with van der Waals surface area (Å²) in [4.78, 5) is 30.5. The van der Waals surface area contributed by atoms with E-state index in [1.54, 1.807) is 24.5 Å². The zero-order chi connectivity index (χ0) is 17.6. The molecule has 0 aromatic carbocycles. The fourth-order valence-electron chi connectivity index (χ4n) is 3.55. The normalized spacial score (nSPS) is 21.7. The number of piperidine rings is 1. The van der Waals surface area contributed by atoms with E-state index in [0.29, 0.717) is 18.7 Å². The SMILES string of the molecule is CC1CCC(=CC(=O)N2CCC(NC(=O)c3cccnc3)CC2)CC1. The molecular weight excluding hydrogens is 314 g/mol. The predicted molar refractivity (Wildman–Crippen MR) is 97.0 cm³/mol. The van der Waals surface area contributed by atoms with Gasteiger partial charge >= 0.3 is 0 Å². The molecule has 1 saturated carbocycles. The van der Waals surface area contributed by atoms with Crippen molar-refractivity contribution >= 4 is 11.8 Å². The Balaban J connectivity index is 1.46. The van der Waals surface area contributed by atoms with Crippen LogP contribution in [0.3, 0.4) is 0 Å². The molecule has 25 heavy (non-hydrogen) atoms. The van der Waals surface area contributed by atoms with Crippen LogP contribution in [-0.4, -0.2) is 40.8 Å². The van der Waals surface area contributed by atoms with Gasteiger partial charge in [-0.2, -0.15) is 0 Å². The average Bonchev–Trinajstić information content (AvgIpc) is 2.65. The molecule has 1 N–H and O–H groups in total. The lowest BCUT2D eigenvalue weighted by Gasteiger charge is -2.32. The second-order valence-electron chi connectivity index (χ2n) is 7.30. The van der Waals surface area contributed by atoms with Gasteiger partial charge in [0.25, 0.3) is 5.91 Å². The summed E-state index contributed by atoms with van der Waals surface area (Å²) in [5.74, 6) is 0.837. The quantitative estimate of drug-likeness (QED) is 0.860. The summed E-state index contributed by atoms with van der Waals surface area (Å²) in [5, 5.41) is 3.05. The van der Waals surface area contributed by atoms with Crippen LogP contribution in [0.2, 0.25) is 0 Å². The summed E-state index contributed by atoms with van der Waals surface area (Å²) in [7, 11) is 0. The number of carbonyl (C=O) groups excluding carboxylic acids is 2. The zero-order valence-electron chi connectivity index (χ0n) is 14.9. The number of nitrogens with one attached hydrogen (secondary N) is 1. The molecule has 2 heterocycles. The highest BCUT2D eigenvalue weighted by molar-refractivity contribution is 5.94. The van der Waals surface area contributed by atoms with Gasteiger partial charge in [-0.25, -0.2) is 0 Å². The number of hydrogen-bond donors (Lipinski definition) is 1. The van der Waals surface area contributed by atoms with Crippen molar-refractivity contribution < 1.29 is 9.59 Å². The fourth-order valence-corrected chi connectivity index (χ4v) is 3.55. The molecule has 0 radical (unpaired) electrons. The Kier molecular flexibility index (Phi) is 5.84. The van der Waals surface area contributed by atoms with Gasteiger partial charge in [0.15, 0.2) is 0 Å². The van der Waals surface area contributed by atoms with Gasteiger partial charge in [-0.05, 0) is 56.6 Å². The summed E-state index contributed by atoms with van der Waals surface area (Å²) in [5.41, 5.74) is 1.88. The van der Waals surface area contributed by atoms with E-state index in [9.17, 15) is 9.59 Å². The number of amides is 2. The highest BCUT2D eigenvalue weighted by Crippen LogP contribution is 2.27. The van der Waals surface area contributed by atoms with Gasteiger partial charge in [0.2, 0.25) is 5.91 Å².